The Morgan fingerprint density at radius 1 is 1.77 bits per heavy atom. The normalized spacial score (nSPS) is 9.69. The second kappa shape index (κ2) is 4.18. The minimum absolute atomic E-state index is 0.0313. The summed E-state index contributed by atoms with van der Waals surface area (Å²) in [7, 11) is 1.44. The molecule has 5 nitrogen and oxygen atoms in total. The van der Waals surface area contributed by atoms with Crippen LogP contribution >= 0.6 is 15.9 Å². The molecule has 0 aliphatic carbocycles. The highest BCUT2D eigenvalue weighted by Gasteiger charge is 2.15. The van der Waals surface area contributed by atoms with Gasteiger partial charge in [0.15, 0.2) is 0 Å². The van der Waals surface area contributed by atoms with Crippen LogP contribution in [0.3, 0.4) is 0 Å². The molecule has 0 unspecified atom stereocenters. The number of hydrogen-bond donors (Lipinski definition) is 0. The van der Waals surface area contributed by atoms with Crippen molar-refractivity contribution in [3.8, 4) is 5.75 Å². The van der Waals surface area contributed by atoms with E-state index in [1.807, 2.05) is 0 Å². The van der Waals surface area contributed by atoms with Crippen LogP contribution < -0.4 is 4.74 Å². The molecule has 0 N–H and O–H groups in total. The van der Waals surface area contributed by atoms with Crippen LogP contribution in [0.4, 0.5) is 5.69 Å². The zero-order valence-corrected chi connectivity index (χ0v) is 8.44. The van der Waals surface area contributed by atoms with Crippen molar-refractivity contribution < 1.29 is 9.66 Å². The van der Waals surface area contributed by atoms with Crippen molar-refractivity contribution in [3.05, 3.63) is 28.1 Å². The molecule has 70 valence electrons. The molecule has 0 radical (unpaired) electrons. The third-order valence-corrected chi connectivity index (χ3v) is 2.01. The number of alkyl halides is 1. The highest BCUT2D eigenvalue weighted by Crippen LogP contribution is 2.23. The van der Waals surface area contributed by atoms with E-state index in [0.29, 0.717) is 16.8 Å². The van der Waals surface area contributed by atoms with Crippen LogP contribution in [0, 0.1) is 10.1 Å². The van der Waals surface area contributed by atoms with E-state index in [1.165, 1.54) is 19.4 Å². The first-order valence-corrected chi connectivity index (χ1v) is 4.54. The van der Waals surface area contributed by atoms with Crippen LogP contribution in [0.25, 0.3) is 0 Å². The lowest BCUT2D eigenvalue weighted by molar-refractivity contribution is -0.385. The average Bonchev–Trinajstić information content (AvgIpc) is 2.16. The summed E-state index contributed by atoms with van der Waals surface area (Å²) in [6.07, 6.45) is 1.45. The molecule has 13 heavy (non-hydrogen) atoms. The summed E-state index contributed by atoms with van der Waals surface area (Å²) in [5, 5.41) is 10.9. The maximum atomic E-state index is 10.5. The van der Waals surface area contributed by atoms with Crippen molar-refractivity contribution in [2.45, 2.75) is 5.33 Å². The summed E-state index contributed by atoms with van der Waals surface area (Å²) < 4.78 is 4.82. The molecule has 1 heterocycles. The molecule has 0 amide bonds. The van der Waals surface area contributed by atoms with Crippen LogP contribution in [0.1, 0.15) is 5.69 Å². The van der Waals surface area contributed by atoms with Gasteiger partial charge in [-0.15, -0.1) is 0 Å². The predicted molar refractivity (Wildman–Crippen MR) is 50.1 cm³/mol. The number of nitrogens with zero attached hydrogens (tertiary/aromatic N) is 2. The number of aromatic nitrogens is 1. The van der Waals surface area contributed by atoms with Crippen LogP contribution in [-0.4, -0.2) is 17.0 Å². The topological polar surface area (TPSA) is 65.3 Å². The minimum atomic E-state index is -0.480. The molecule has 6 heteroatoms. The molecule has 0 aliphatic rings. The van der Waals surface area contributed by atoms with Crippen molar-refractivity contribution in [1.29, 1.82) is 0 Å². The van der Waals surface area contributed by atoms with E-state index in [9.17, 15) is 10.1 Å². The fourth-order valence-corrected chi connectivity index (χ4v) is 1.27. The lowest BCUT2D eigenvalue weighted by Crippen LogP contribution is -1.97. The van der Waals surface area contributed by atoms with Crippen molar-refractivity contribution >= 4 is 21.6 Å². The molecule has 0 atom stereocenters. The highest BCUT2D eigenvalue weighted by molar-refractivity contribution is 9.08. The lowest BCUT2D eigenvalue weighted by atomic mass is 10.3. The van der Waals surface area contributed by atoms with E-state index in [-0.39, 0.29) is 5.69 Å². The second-order valence-electron chi connectivity index (χ2n) is 2.23. The Labute approximate surface area is 83.0 Å². The van der Waals surface area contributed by atoms with Crippen LogP contribution in [0.15, 0.2) is 12.3 Å². The summed E-state index contributed by atoms with van der Waals surface area (Å²) in [5.41, 5.74) is 0.363. The number of nitro groups is 1. The Hall–Kier alpha value is -1.17. The molecule has 1 aromatic heterocycles. The van der Waals surface area contributed by atoms with Gasteiger partial charge in [-0.1, -0.05) is 15.9 Å². The van der Waals surface area contributed by atoms with Crippen molar-refractivity contribution in [2.24, 2.45) is 0 Å². The molecule has 0 saturated carbocycles. The predicted octanol–water partition coefficient (Wildman–Crippen LogP) is 1.89. The Morgan fingerprint density at radius 3 is 2.92 bits per heavy atom. The fraction of sp³-hybridized carbons (Fsp3) is 0.286. The highest BCUT2D eigenvalue weighted by atomic mass is 79.9. The van der Waals surface area contributed by atoms with Gasteiger partial charge < -0.3 is 4.74 Å². The van der Waals surface area contributed by atoms with Gasteiger partial charge in [-0.2, -0.15) is 0 Å². The Kier molecular flexibility index (Phi) is 3.18. The number of rotatable bonds is 3. The maximum Gasteiger partial charge on any atom is 0.295 e. The van der Waals surface area contributed by atoms with Crippen LogP contribution in [-0.2, 0) is 5.33 Å². The van der Waals surface area contributed by atoms with E-state index in [1.54, 1.807) is 0 Å². The van der Waals surface area contributed by atoms with Gasteiger partial charge in [0, 0.05) is 0 Å². The molecule has 0 spiro atoms. The quantitative estimate of drug-likeness (QED) is 0.464. The summed E-state index contributed by atoms with van der Waals surface area (Å²) in [6.45, 7) is 0. The zero-order valence-electron chi connectivity index (χ0n) is 6.86. The Bertz CT molecular complexity index is 330. The largest absolute Gasteiger partial charge is 0.495 e. The Morgan fingerprint density at radius 2 is 2.46 bits per heavy atom. The molecular weight excluding hydrogens is 240 g/mol. The van der Waals surface area contributed by atoms with Crippen molar-refractivity contribution in [3.63, 3.8) is 0 Å². The number of hydrogen-bond acceptors (Lipinski definition) is 4. The van der Waals surface area contributed by atoms with E-state index in [0.717, 1.165) is 0 Å². The molecule has 0 fully saturated rings. The molecule has 0 aromatic carbocycles. The van der Waals surface area contributed by atoms with E-state index in [2.05, 4.69) is 20.9 Å². The SMILES string of the molecule is COc1cnc(CBr)c([N+](=O)[O-])c1. The first-order chi connectivity index (χ1) is 6.19. The average molecular weight is 247 g/mol. The van der Waals surface area contributed by atoms with Gasteiger partial charge in [-0.3, -0.25) is 10.1 Å². The van der Waals surface area contributed by atoms with E-state index < -0.39 is 4.92 Å². The lowest BCUT2D eigenvalue weighted by Gasteiger charge is -2.01. The van der Waals surface area contributed by atoms with Gasteiger partial charge in [0.05, 0.1) is 29.6 Å². The molecular formula is C7H7BrN2O3. The van der Waals surface area contributed by atoms with Gasteiger partial charge >= 0.3 is 0 Å². The fourth-order valence-electron chi connectivity index (χ4n) is 0.836. The molecule has 0 bridgehead atoms. The Balaban J connectivity index is 3.18. The first kappa shape index (κ1) is 9.91. The molecule has 1 aromatic rings. The van der Waals surface area contributed by atoms with E-state index in [4.69, 9.17) is 4.74 Å². The van der Waals surface area contributed by atoms with Gasteiger partial charge in [-0.05, 0) is 0 Å². The number of halogens is 1. The van der Waals surface area contributed by atoms with Crippen molar-refractivity contribution in [2.75, 3.05) is 7.11 Å². The molecule has 0 saturated heterocycles. The molecule has 0 aliphatic heterocycles. The first-order valence-electron chi connectivity index (χ1n) is 3.42. The summed E-state index contributed by atoms with van der Waals surface area (Å²) >= 11 is 3.12. The maximum absolute atomic E-state index is 10.5. The standard InChI is InChI=1S/C7H7BrN2O3/c1-13-5-2-7(10(11)12)6(3-8)9-4-5/h2,4H,3H2,1H3. The van der Waals surface area contributed by atoms with Gasteiger partial charge in [0.1, 0.15) is 11.4 Å². The van der Waals surface area contributed by atoms with Gasteiger partial charge in [-0.25, -0.2) is 4.98 Å². The van der Waals surface area contributed by atoms with Crippen LogP contribution in [0.5, 0.6) is 5.75 Å². The third kappa shape index (κ3) is 2.15. The minimum Gasteiger partial charge on any atom is -0.495 e. The van der Waals surface area contributed by atoms with E-state index >= 15 is 0 Å². The number of pyridine rings is 1. The van der Waals surface area contributed by atoms with Gasteiger partial charge in [0.2, 0.25) is 0 Å². The van der Waals surface area contributed by atoms with Crippen LogP contribution in [0.2, 0.25) is 0 Å². The smallest absolute Gasteiger partial charge is 0.295 e. The summed E-state index contributed by atoms with van der Waals surface area (Å²) in [6, 6.07) is 1.35. The monoisotopic (exact) mass is 246 g/mol. The van der Waals surface area contributed by atoms with Gasteiger partial charge in [0.25, 0.3) is 5.69 Å². The summed E-state index contributed by atoms with van der Waals surface area (Å²) in [4.78, 5) is 13.9. The number of methoxy groups -OCH3 is 1. The second-order valence-corrected chi connectivity index (χ2v) is 2.79. The third-order valence-electron chi connectivity index (χ3n) is 1.48. The van der Waals surface area contributed by atoms with Crippen molar-refractivity contribution in [1.82, 2.24) is 4.98 Å². The number of ether oxygens (including phenoxy) is 1. The summed E-state index contributed by atoms with van der Waals surface area (Å²) in [5.74, 6) is 0.386. The zero-order chi connectivity index (χ0) is 9.84. The molecule has 1 rings (SSSR count).